The number of aliphatic imine (C=N–C) groups is 1. The van der Waals surface area contributed by atoms with Crippen LogP contribution >= 0.6 is 47.8 Å². The molecule has 9 heteroatoms. The fraction of sp³-hybridized carbons (Fsp3) is 0.0417. The second-order valence-corrected chi connectivity index (χ2v) is 9.45. The smallest absolute Gasteiger partial charge is 0.363 e. The number of cyclic esters (lactones) is 1. The van der Waals surface area contributed by atoms with Gasteiger partial charge in [0.15, 0.2) is 11.4 Å². The molecule has 33 heavy (non-hydrogen) atoms. The lowest BCUT2D eigenvalue weighted by Crippen LogP contribution is -2.10. The van der Waals surface area contributed by atoms with Crippen LogP contribution in [0.25, 0.3) is 6.08 Å². The second kappa shape index (κ2) is 10.0. The van der Waals surface area contributed by atoms with E-state index in [1.165, 1.54) is 6.08 Å². The van der Waals surface area contributed by atoms with Gasteiger partial charge in [0.05, 0.1) is 17.1 Å². The van der Waals surface area contributed by atoms with Crippen LogP contribution in [0.4, 0.5) is 0 Å². The molecule has 3 aromatic carbocycles. The topological polar surface area (TPSA) is 74.2 Å². The van der Waals surface area contributed by atoms with Crippen LogP contribution in [0.2, 0.25) is 0 Å². The van der Waals surface area contributed by atoms with Crippen molar-refractivity contribution >= 4 is 71.7 Å². The van der Waals surface area contributed by atoms with Crippen molar-refractivity contribution in [3.8, 4) is 11.5 Å². The molecular formula is C24H14Br3NO5. The first-order chi connectivity index (χ1) is 15.8. The Labute approximate surface area is 214 Å². The third-order valence-electron chi connectivity index (χ3n) is 4.56. The maximum absolute atomic E-state index is 12.7. The molecule has 4 rings (SSSR count). The van der Waals surface area contributed by atoms with Crippen LogP contribution in [0.3, 0.4) is 0 Å². The molecule has 0 atom stereocenters. The zero-order chi connectivity index (χ0) is 23.5. The van der Waals surface area contributed by atoms with E-state index in [0.29, 0.717) is 31.4 Å². The fourth-order valence-corrected chi connectivity index (χ4v) is 4.55. The van der Waals surface area contributed by atoms with Crippen LogP contribution in [0.5, 0.6) is 11.5 Å². The summed E-state index contributed by atoms with van der Waals surface area (Å²) in [6.45, 7) is 0. The highest BCUT2D eigenvalue weighted by Crippen LogP contribution is 2.36. The van der Waals surface area contributed by atoms with Gasteiger partial charge in [-0.3, -0.25) is 0 Å². The normalized spacial score (nSPS) is 14.1. The molecule has 6 nitrogen and oxygen atoms in total. The van der Waals surface area contributed by atoms with Crippen molar-refractivity contribution in [3.05, 3.63) is 96.5 Å². The summed E-state index contributed by atoms with van der Waals surface area (Å²) in [4.78, 5) is 29.5. The van der Waals surface area contributed by atoms with Crippen molar-refractivity contribution in [3.63, 3.8) is 0 Å². The molecule has 1 aliphatic heterocycles. The Bertz CT molecular complexity index is 1300. The van der Waals surface area contributed by atoms with Crippen LogP contribution in [0.1, 0.15) is 21.5 Å². The first kappa shape index (κ1) is 23.4. The van der Waals surface area contributed by atoms with Gasteiger partial charge in [-0.25, -0.2) is 14.6 Å². The van der Waals surface area contributed by atoms with Gasteiger partial charge in [-0.05, 0) is 82.7 Å². The molecule has 166 valence electrons. The Morgan fingerprint density at radius 1 is 0.970 bits per heavy atom. The van der Waals surface area contributed by atoms with Crippen molar-refractivity contribution in [1.29, 1.82) is 0 Å². The summed E-state index contributed by atoms with van der Waals surface area (Å²) in [5.41, 5.74) is 1.56. The summed E-state index contributed by atoms with van der Waals surface area (Å²) in [7, 11) is 1.55. The number of ether oxygens (including phenoxy) is 3. The van der Waals surface area contributed by atoms with Crippen LogP contribution in [0.15, 0.2) is 84.8 Å². The van der Waals surface area contributed by atoms with Gasteiger partial charge in [0.25, 0.3) is 0 Å². The third kappa shape index (κ3) is 5.43. The van der Waals surface area contributed by atoms with E-state index in [-0.39, 0.29) is 17.3 Å². The highest BCUT2D eigenvalue weighted by molar-refractivity contribution is 9.11. The predicted molar refractivity (Wildman–Crippen MR) is 135 cm³/mol. The van der Waals surface area contributed by atoms with Gasteiger partial charge >= 0.3 is 11.9 Å². The van der Waals surface area contributed by atoms with Gasteiger partial charge in [-0.15, -0.1) is 0 Å². The summed E-state index contributed by atoms with van der Waals surface area (Å²) >= 11 is 10.2. The number of hydrogen-bond donors (Lipinski definition) is 0. The molecule has 0 bridgehead atoms. The van der Waals surface area contributed by atoms with Crippen LogP contribution in [-0.2, 0) is 9.53 Å². The van der Waals surface area contributed by atoms with Crippen LogP contribution < -0.4 is 9.47 Å². The molecule has 3 aromatic rings. The lowest BCUT2D eigenvalue weighted by atomic mass is 10.1. The summed E-state index contributed by atoms with van der Waals surface area (Å²) in [5.74, 6) is -0.0954. The Morgan fingerprint density at radius 3 is 2.33 bits per heavy atom. The minimum Gasteiger partial charge on any atom is -0.497 e. The molecule has 0 saturated carbocycles. The fourth-order valence-electron chi connectivity index (χ4n) is 2.95. The van der Waals surface area contributed by atoms with Crippen LogP contribution in [0, 0.1) is 0 Å². The predicted octanol–water partition coefficient (Wildman–Crippen LogP) is 6.55. The number of halogens is 3. The lowest BCUT2D eigenvalue weighted by Gasteiger charge is -2.11. The van der Waals surface area contributed by atoms with Gasteiger partial charge in [-0.2, -0.15) is 0 Å². The molecule has 0 fully saturated rings. The molecule has 0 aromatic heterocycles. The Hall–Kier alpha value is -2.75. The largest absolute Gasteiger partial charge is 0.497 e. The molecule has 0 N–H and O–H groups in total. The number of carbonyl (C=O) groups is 2. The van der Waals surface area contributed by atoms with Gasteiger partial charge in [-0.1, -0.05) is 31.9 Å². The number of rotatable bonds is 5. The van der Waals surface area contributed by atoms with E-state index in [4.69, 9.17) is 14.2 Å². The Kier molecular flexibility index (Phi) is 7.11. The highest BCUT2D eigenvalue weighted by Gasteiger charge is 2.25. The standard InChI is InChI=1S/C24H14Br3NO5/c1-31-18-8-4-14(5-9-18)23(29)32-21-15(10-17(26)12-19(21)27)11-20-24(30)33-22(28-20)13-2-6-16(25)7-3-13/h2-12H,1H3/b20-11-. The SMILES string of the molecule is COc1ccc(C(=O)Oc2c(Br)cc(Br)cc2/C=C2\N=C(c3ccc(Br)cc3)OC2=O)cc1. The molecule has 0 spiro atoms. The van der Waals surface area contributed by atoms with Gasteiger partial charge in [0.1, 0.15) is 5.75 Å². The van der Waals surface area contributed by atoms with E-state index >= 15 is 0 Å². The maximum Gasteiger partial charge on any atom is 0.363 e. The second-order valence-electron chi connectivity index (χ2n) is 6.77. The number of nitrogens with zero attached hydrogens (tertiary/aromatic N) is 1. The zero-order valence-corrected chi connectivity index (χ0v) is 21.7. The maximum atomic E-state index is 12.7. The molecular weight excluding hydrogens is 622 g/mol. The Balaban J connectivity index is 1.67. The summed E-state index contributed by atoms with van der Waals surface area (Å²) in [6.07, 6.45) is 1.51. The number of benzene rings is 3. The highest BCUT2D eigenvalue weighted by atomic mass is 79.9. The van der Waals surface area contributed by atoms with Gasteiger partial charge in [0, 0.05) is 20.1 Å². The minimum absolute atomic E-state index is 0.0830. The van der Waals surface area contributed by atoms with Crippen molar-refractivity contribution in [2.75, 3.05) is 7.11 Å². The van der Waals surface area contributed by atoms with E-state index < -0.39 is 11.9 Å². The quantitative estimate of drug-likeness (QED) is 0.181. The molecule has 0 radical (unpaired) electrons. The van der Waals surface area contributed by atoms with E-state index in [1.807, 2.05) is 12.1 Å². The Morgan fingerprint density at radius 2 is 1.67 bits per heavy atom. The first-order valence-corrected chi connectivity index (χ1v) is 11.9. The monoisotopic (exact) mass is 633 g/mol. The van der Waals surface area contributed by atoms with Crippen molar-refractivity contribution < 1.29 is 23.8 Å². The van der Waals surface area contributed by atoms with Crippen molar-refractivity contribution in [1.82, 2.24) is 0 Å². The average molecular weight is 636 g/mol. The van der Waals surface area contributed by atoms with Gasteiger partial charge in [0.2, 0.25) is 5.90 Å². The van der Waals surface area contributed by atoms with Crippen LogP contribution in [-0.4, -0.2) is 24.9 Å². The van der Waals surface area contributed by atoms with E-state index in [1.54, 1.807) is 55.6 Å². The summed E-state index contributed by atoms with van der Waals surface area (Å²) in [5, 5.41) is 0. The van der Waals surface area contributed by atoms with E-state index in [0.717, 1.165) is 4.47 Å². The number of carbonyl (C=O) groups excluding carboxylic acids is 2. The van der Waals surface area contributed by atoms with E-state index in [9.17, 15) is 9.59 Å². The number of methoxy groups -OCH3 is 1. The average Bonchev–Trinajstić information content (AvgIpc) is 3.16. The molecule has 0 saturated heterocycles. The summed E-state index contributed by atoms with van der Waals surface area (Å²) in [6, 6.07) is 17.2. The van der Waals surface area contributed by atoms with Crippen molar-refractivity contribution in [2.45, 2.75) is 0 Å². The molecule has 0 amide bonds. The molecule has 0 aliphatic carbocycles. The first-order valence-electron chi connectivity index (χ1n) is 9.48. The van der Waals surface area contributed by atoms with E-state index in [2.05, 4.69) is 52.8 Å². The molecule has 1 heterocycles. The third-order valence-corrected chi connectivity index (χ3v) is 6.14. The van der Waals surface area contributed by atoms with Crippen molar-refractivity contribution in [2.24, 2.45) is 4.99 Å². The zero-order valence-electron chi connectivity index (χ0n) is 17.0. The summed E-state index contributed by atoms with van der Waals surface area (Å²) < 4.78 is 18.2. The van der Waals surface area contributed by atoms with Gasteiger partial charge < -0.3 is 14.2 Å². The minimum atomic E-state index is -0.601. The lowest BCUT2D eigenvalue weighted by molar-refractivity contribution is -0.129. The number of hydrogen-bond acceptors (Lipinski definition) is 6. The number of esters is 2. The molecule has 1 aliphatic rings. The molecule has 0 unspecified atom stereocenters.